The second kappa shape index (κ2) is 10.0. The molecule has 7 heteroatoms. The number of nitrogens with one attached hydrogen (secondary N) is 1. The molecule has 0 aliphatic heterocycles. The number of nitrogens with zero attached hydrogens (tertiary/aromatic N) is 2. The number of aryl methyl sites for hydroxylation is 1. The van der Waals surface area contributed by atoms with E-state index in [0.29, 0.717) is 5.03 Å². The topological polar surface area (TPSA) is 81.2 Å². The molecule has 150 valence electrons. The highest BCUT2D eigenvalue weighted by Crippen LogP contribution is 2.18. The first kappa shape index (κ1) is 20.8. The quantitative estimate of drug-likeness (QED) is 0.451. The first-order valence-electron chi connectivity index (χ1n) is 9.43. The SMILES string of the molecule is CCc1ccc(C(C)NC(=O)COC(=O)CSc2cnc3ccccc3n2)cc1. The lowest BCUT2D eigenvalue weighted by Crippen LogP contribution is -2.31. The zero-order chi connectivity index (χ0) is 20.6. The van der Waals surface area contributed by atoms with Crippen molar-refractivity contribution in [2.75, 3.05) is 12.4 Å². The van der Waals surface area contributed by atoms with Gasteiger partial charge in [-0.3, -0.25) is 14.6 Å². The molecule has 1 amide bonds. The number of esters is 1. The molecule has 0 aliphatic rings. The number of ether oxygens (including phenoxy) is 1. The third-order valence-electron chi connectivity index (χ3n) is 4.39. The number of fused-ring (bicyclic) bond motifs is 1. The van der Waals surface area contributed by atoms with Gasteiger partial charge in [-0.1, -0.05) is 55.1 Å². The molecule has 1 N–H and O–H groups in total. The Labute approximate surface area is 174 Å². The summed E-state index contributed by atoms with van der Waals surface area (Å²) < 4.78 is 5.07. The van der Waals surface area contributed by atoms with Gasteiger partial charge in [0, 0.05) is 0 Å². The number of hydrogen-bond donors (Lipinski definition) is 1. The van der Waals surface area contributed by atoms with Crippen molar-refractivity contribution in [2.45, 2.75) is 31.3 Å². The van der Waals surface area contributed by atoms with E-state index in [9.17, 15) is 9.59 Å². The second-order valence-electron chi connectivity index (χ2n) is 6.53. The van der Waals surface area contributed by atoms with E-state index >= 15 is 0 Å². The van der Waals surface area contributed by atoms with E-state index in [-0.39, 0.29) is 24.3 Å². The van der Waals surface area contributed by atoms with Crippen LogP contribution in [-0.4, -0.2) is 34.2 Å². The Morgan fingerprint density at radius 3 is 2.55 bits per heavy atom. The third kappa shape index (κ3) is 6.02. The van der Waals surface area contributed by atoms with E-state index in [1.54, 1.807) is 6.20 Å². The molecule has 2 aromatic carbocycles. The molecule has 0 bridgehead atoms. The summed E-state index contributed by atoms with van der Waals surface area (Å²) in [6, 6.07) is 15.5. The number of benzene rings is 2. The number of carbonyl (C=O) groups is 2. The van der Waals surface area contributed by atoms with Gasteiger partial charge in [0.1, 0.15) is 5.03 Å². The maximum atomic E-state index is 12.1. The molecule has 0 radical (unpaired) electrons. The number of rotatable bonds is 8. The van der Waals surface area contributed by atoms with E-state index in [0.717, 1.165) is 23.0 Å². The fraction of sp³-hybridized carbons (Fsp3) is 0.273. The molecule has 3 aromatic rings. The molecular formula is C22H23N3O3S. The van der Waals surface area contributed by atoms with Crippen LogP contribution in [0.1, 0.15) is 31.0 Å². The summed E-state index contributed by atoms with van der Waals surface area (Å²) in [4.78, 5) is 32.7. The maximum Gasteiger partial charge on any atom is 0.316 e. The number of para-hydroxylation sites is 2. The van der Waals surface area contributed by atoms with E-state index in [2.05, 4.69) is 22.2 Å². The summed E-state index contributed by atoms with van der Waals surface area (Å²) in [5.41, 5.74) is 3.82. The van der Waals surface area contributed by atoms with Crippen LogP contribution in [0.2, 0.25) is 0 Å². The number of hydrogen-bond acceptors (Lipinski definition) is 6. The molecule has 29 heavy (non-hydrogen) atoms. The van der Waals surface area contributed by atoms with Crippen molar-refractivity contribution < 1.29 is 14.3 Å². The summed E-state index contributed by atoms with van der Waals surface area (Å²) in [6.07, 6.45) is 2.60. The van der Waals surface area contributed by atoms with Gasteiger partial charge >= 0.3 is 5.97 Å². The Kier molecular flexibility index (Phi) is 7.19. The highest BCUT2D eigenvalue weighted by molar-refractivity contribution is 7.99. The Hall–Kier alpha value is -2.93. The average molecular weight is 410 g/mol. The summed E-state index contributed by atoms with van der Waals surface area (Å²) in [5, 5.41) is 3.47. The zero-order valence-corrected chi connectivity index (χ0v) is 17.2. The molecule has 1 heterocycles. The van der Waals surface area contributed by atoms with Crippen molar-refractivity contribution in [1.29, 1.82) is 0 Å². The van der Waals surface area contributed by atoms with Gasteiger partial charge in [-0.15, -0.1) is 0 Å². The van der Waals surface area contributed by atoms with Gasteiger partial charge in [-0.2, -0.15) is 0 Å². The smallest absolute Gasteiger partial charge is 0.316 e. The lowest BCUT2D eigenvalue weighted by atomic mass is 10.1. The molecule has 0 fully saturated rings. The predicted molar refractivity (Wildman–Crippen MR) is 114 cm³/mol. The van der Waals surface area contributed by atoms with Crippen molar-refractivity contribution in [2.24, 2.45) is 0 Å². The Morgan fingerprint density at radius 1 is 1.10 bits per heavy atom. The van der Waals surface area contributed by atoms with Crippen LogP contribution in [0.3, 0.4) is 0 Å². The summed E-state index contributed by atoms with van der Waals surface area (Å²) in [5.74, 6) is -0.741. The minimum absolute atomic E-state index is 0.0638. The number of aromatic nitrogens is 2. The largest absolute Gasteiger partial charge is 0.455 e. The highest BCUT2D eigenvalue weighted by Gasteiger charge is 2.13. The normalized spacial score (nSPS) is 11.8. The molecule has 1 atom stereocenters. The molecule has 1 unspecified atom stereocenters. The zero-order valence-electron chi connectivity index (χ0n) is 16.4. The summed E-state index contributed by atoms with van der Waals surface area (Å²) in [7, 11) is 0. The van der Waals surface area contributed by atoms with E-state index in [4.69, 9.17) is 4.74 Å². The fourth-order valence-corrected chi connectivity index (χ4v) is 3.38. The monoisotopic (exact) mass is 409 g/mol. The first-order chi connectivity index (χ1) is 14.0. The molecular weight excluding hydrogens is 386 g/mol. The second-order valence-corrected chi connectivity index (χ2v) is 7.53. The average Bonchev–Trinajstić information content (AvgIpc) is 2.76. The van der Waals surface area contributed by atoms with Crippen LogP contribution in [0.4, 0.5) is 0 Å². The lowest BCUT2D eigenvalue weighted by Gasteiger charge is -2.15. The van der Waals surface area contributed by atoms with Crippen LogP contribution in [0.25, 0.3) is 11.0 Å². The Balaban J connectivity index is 1.42. The van der Waals surface area contributed by atoms with Gasteiger partial charge in [0.05, 0.1) is 29.0 Å². The Bertz CT molecular complexity index is 992. The highest BCUT2D eigenvalue weighted by atomic mass is 32.2. The van der Waals surface area contributed by atoms with Crippen molar-refractivity contribution >= 4 is 34.7 Å². The first-order valence-corrected chi connectivity index (χ1v) is 10.4. The van der Waals surface area contributed by atoms with Crippen molar-refractivity contribution in [3.63, 3.8) is 0 Å². The van der Waals surface area contributed by atoms with Crippen molar-refractivity contribution in [3.8, 4) is 0 Å². The van der Waals surface area contributed by atoms with Gasteiger partial charge in [0.15, 0.2) is 6.61 Å². The number of amides is 1. The standard InChI is InChI=1S/C22H23N3O3S/c1-3-16-8-10-17(11-9-16)15(2)24-20(26)13-28-22(27)14-29-21-12-23-18-6-4-5-7-19(18)25-21/h4-12,15H,3,13-14H2,1-2H3,(H,24,26). The molecule has 0 aliphatic carbocycles. The lowest BCUT2D eigenvalue weighted by molar-refractivity contribution is -0.146. The predicted octanol–water partition coefficient (Wildman–Crippen LogP) is 3.70. The molecule has 1 aromatic heterocycles. The van der Waals surface area contributed by atoms with E-state index < -0.39 is 5.97 Å². The fourth-order valence-electron chi connectivity index (χ4n) is 2.74. The van der Waals surface area contributed by atoms with Crippen LogP contribution in [0, 0.1) is 0 Å². The van der Waals surface area contributed by atoms with Crippen LogP contribution in [0.5, 0.6) is 0 Å². The molecule has 0 spiro atoms. The van der Waals surface area contributed by atoms with Gasteiger partial charge in [-0.05, 0) is 36.6 Å². The molecule has 0 saturated heterocycles. The summed E-state index contributed by atoms with van der Waals surface area (Å²) in [6.45, 7) is 3.69. The van der Waals surface area contributed by atoms with E-state index in [1.165, 1.54) is 17.3 Å². The third-order valence-corrected chi connectivity index (χ3v) is 5.27. The molecule has 3 rings (SSSR count). The van der Waals surface area contributed by atoms with Gasteiger partial charge in [0.2, 0.25) is 0 Å². The Morgan fingerprint density at radius 2 is 1.83 bits per heavy atom. The number of carbonyl (C=O) groups excluding carboxylic acids is 2. The van der Waals surface area contributed by atoms with Crippen molar-refractivity contribution in [1.82, 2.24) is 15.3 Å². The van der Waals surface area contributed by atoms with Crippen LogP contribution in [0.15, 0.2) is 59.8 Å². The minimum atomic E-state index is -0.472. The van der Waals surface area contributed by atoms with Crippen LogP contribution >= 0.6 is 11.8 Å². The molecule has 6 nitrogen and oxygen atoms in total. The summed E-state index contributed by atoms with van der Waals surface area (Å²) >= 11 is 1.23. The molecule has 0 saturated carbocycles. The van der Waals surface area contributed by atoms with Gasteiger partial charge in [-0.25, -0.2) is 4.98 Å². The van der Waals surface area contributed by atoms with E-state index in [1.807, 2.05) is 55.5 Å². The van der Waals surface area contributed by atoms with Crippen LogP contribution in [-0.2, 0) is 20.7 Å². The number of thioether (sulfide) groups is 1. The van der Waals surface area contributed by atoms with Gasteiger partial charge in [0.25, 0.3) is 5.91 Å². The van der Waals surface area contributed by atoms with Crippen molar-refractivity contribution in [3.05, 3.63) is 65.9 Å². The van der Waals surface area contributed by atoms with Gasteiger partial charge < -0.3 is 10.1 Å². The van der Waals surface area contributed by atoms with Crippen LogP contribution < -0.4 is 5.32 Å². The minimum Gasteiger partial charge on any atom is -0.455 e. The maximum absolute atomic E-state index is 12.1.